The third-order valence-electron chi connectivity index (χ3n) is 7.10. The molecule has 7 nitrogen and oxygen atoms in total. The maximum absolute atomic E-state index is 15.0. The molecule has 5 aromatic rings. The second-order valence-corrected chi connectivity index (χ2v) is 11.0. The van der Waals surface area contributed by atoms with Crippen LogP contribution in [0.4, 0.5) is 14.5 Å². The lowest BCUT2D eigenvalue weighted by Crippen LogP contribution is -2.40. The van der Waals surface area contributed by atoms with Crippen molar-refractivity contribution in [2.75, 3.05) is 11.4 Å². The summed E-state index contributed by atoms with van der Waals surface area (Å²) >= 11 is 6.08. The first-order valence-corrected chi connectivity index (χ1v) is 13.5. The lowest BCUT2D eigenvalue weighted by Gasteiger charge is -2.34. The molecule has 40 heavy (non-hydrogen) atoms. The van der Waals surface area contributed by atoms with E-state index in [1.54, 1.807) is 11.6 Å². The van der Waals surface area contributed by atoms with Crippen LogP contribution in [0.25, 0.3) is 10.9 Å². The molecule has 2 atom stereocenters. The Morgan fingerprint density at radius 2 is 1.80 bits per heavy atom. The lowest BCUT2D eigenvalue weighted by molar-refractivity contribution is -0.0366. The van der Waals surface area contributed by atoms with Crippen LogP contribution in [-0.4, -0.2) is 36.2 Å². The maximum Gasteiger partial charge on any atom is 0.137 e. The fourth-order valence-electron chi connectivity index (χ4n) is 5.00. The minimum atomic E-state index is -1.81. The van der Waals surface area contributed by atoms with Crippen LogP contribution < -0.4 is 4.90 Å². The van der Waals surface area contributed by atoms with Crippen LogP contribution in [0.5, 0.6) is 0 Å². The first-order valence-electron chi connectivity index (χ1n) is 13.1. The van der Waals surface area contributed by atoms with E-state index in [1.807, 2.05) is 42.6 Å². The summed E-state index contributed by atoms with van der Waals surface area (Å²) in [6, 6.07) is 16.3. The fraction of sp³-hybridized carbons (Fsp3) is 0.300. The molecule has 2 heterocycles. The van der Waals surface area contributed by atoms with Crippen LogP contribution in [0.2, 0.25) is 5.02 Å². The normalized spacial score (nSPS) is 14.0. The second kappa shape index (κ2) is 11.3. The van der Waals surface area contributed by atoms with Crippen LogP contribution in [0.1, 0.15) is 37.9 Å². The van der Waals surface area contributed by atoms with Gasteiger partial charge in [-0.3, -0.25) is 4.68 Å². The molecule has 0 spiro atoms. The molecule has 2 aromatic heterocycles. The maximum atomic E-state index is 15.0. The van der Waals surface area contributed by atoms with E-state index in [2.05, 4.69) is 34.9 Å². The van der Waals surface area contributed by atoms with Gasteiger partial charge >= 0.3 is 0 Å². The van der Waals surface area contributed by atoms with Gasteiger partial charge in [0.2, 0.25) is 0 Å². The van der Waals surface area contributed by atoms with E-state index in [4.69, 9.17) is 16.7 Å². The molecule has 208 valence electrons. The minimum absolute atomic E-state index is 0.0526. The van der Waals surface area contributed by atoms with Gasteiger partial charge in [0.1, 0.15) is 29.9 Å². The molecule has 0 bridgehead atoms. The zero-order valence-corrected chi connectivity index (χ0v) is 23.3. The van der Waals surface area contributed by atoms with Crippen molar-refractivity contribution in [1.82, 2.24) is 24.5 Å². The number of hydrogen-bond donors (Lipinski definition) is 1. The molecule has 0 aliphatic carbocycles. The molecule has 10 heteroatoms. The van der Waals surface area contributed by atoms with E-state index >= 15 is 4.39 Å². The highest BCUT2D eigenvalue weighted by atomic mass is 35.5. The van der Waals surface area contributed by atoms with Gasteiger partial charge in [-0.05, 0) is 54.8 Å². The first-order chi connectivity index (χ1) is 19.1. The number of benzene rings is 3. The lowest BCUT2D eigenvalue weighted by atomic mass is 9.86. The Morgan fingerprint density at radius 3 is 2.48 bits per heavy atom. The van der Waals surface area contributed by atoms with Crippen molar-refractivity contribution in [3.63, 3.8) is 0 Å². The van der Waals surface area contributed by atoms with Gasteiger partial charge in [0.25, 0.3) is 0 Å². The number of nitrogens with zero attached hydrogens (tertiary/aromatic N) is 6. The van der Waals surface area contributed by atoms with Crippen molar-refractivity contribution < 1.29 is 13.9 Å². The second-order valence-electron chi connectivity index (χ2n) is 10.6. The minimum Gasteiger partial charge on any atom is -0.381 e. The smallest absolute Gasteiger partial charge is 0.137 e. The van der Waals surface area contributed by atoms with Gasteiger partial charge < -0.3 is 10.0 Å². The molecule has 0 aliphatic rings. The topological polar surface area (TPSA) is 72.0 Å². The Morgan fingerprint density at radius 1 is 1.02 bits per heavy atom. The van der Waals surface area contributed by atoms with Crippen LogP contribution in [0, 0.1) is 17.6 Å². The third kappa shape index (κ3) is 5.85. The van der Waals surface area contributed by atoms with E-state index in [1.165, 1.54) is 23.4 Å². The molecule has 0 radical (unpaired) electrons. The number of aliphatic hydroxyl groups is 1. The highest BCUT2D eigenvalue weighted by Crippen LogP contribution is 2.37. The fourth-order valence-corrected chi connectivity index (χ4v) is 5.13. The van der Waals surface area contributed by atoms with Crippen molar-refractivity contribution in [2.24, 2.45) is 5.92 Å². The molecule has 5 rings (SSSR count). The molecule has 0 fully saturated rings. The van der Waals surface area contributed by atoms with Crippen LogP contribution >= 0.6 is 11.6 Å². The number of halogens is 3. The number of rotatable bonds is 10. The van der Waals surface area contributed by atoms with Gasteiger partial charge in [0.05, 0.1) is 18.1 Å². The summed E-state index contributed by atoms with van der Waals surface area (Å²) < 4.78 is 31.8. The zero-order chi connectivity index (χ0) is 28.4. The number of aromatic nitrogens is 5. The highest BCUT2D eigenvalue weighted by Gasteiger charge is 2.41. The molecule has 0 saturated heterocycles. The summed E-state index contributed by atoms with van der Waals surface area (Å²) in [5.74, 6) is -1.14. The molecule has 0 amide bonds. The van der Waals surface area contributed by atoms with Gasteiger partial charge in [-0.1, -0.05) is 43.6 Å². The quantitative estimate of drug-likeness (QED) is 0.213. The first kappa shape index (κ1) is 27.7. The molecule has 0 aliphatic heterocycles. The Kier molecular flexibility index (Phi) is 7.87. The van der Waals surface area contributed by atoms with Crippen molar-refractivity contribution in [3.8, 4) is 0 Å². The van der Waals surface area contributed by atoms with Gasteiger partial charge in [-0.15, -0.1) is 0 Å². The van der Waals surface area contributed by atoms with Gasteiger partial charge in [0.15, 0.2) is 0 Å². The van der Waals surface area contributed by atoms with E-state index in [0.717, 1.165) is 40.8 Å². The summed E-state index contributed by atoms with van der Waals surface area (Å²) in [7, 11) is 0. The molecular formula is C30H31ClF2N6O. The predicted octanol–water partition coefficient (Wildman–Crippen LogP) is 6.37. The van der Waals surface area contributed by atoms with Gasteiger partial charge in [-0.25, -0.2) is 18.4 Å². The van der Waals surface area contributed by atoms with Crippen molar-refractivity contribution >= 4 is 28.2 Å². The zero-order valence-electron chi connectivity index (χ0n) is 22.5. The van der Waals surface area contributed by atoms with Crippen LogP contribution in [-0.2, 0) is 18.7 Å². The molecule has 3 aromatic carbocycles. The van der Waals surface area contributed by atoms with E-state index in [0.29, 0.717) is 17.5 Å². The summed E-state index contributed by atoms with van der Waals surface area (Å²) in [4.78, 5) is 6.25. The number of hydrogen-bond acceptors (Lipinski definition) is 5. The standard InChI is InChI=1S/C30H31ClF2N6O/c1-20(2)14-37(15-22-4-6-24(31)7-5-22)26-9-11-29-23(12-26)16-39(36-29)21(3)30(40,17-38-19-34-18-35-38)27-10-8-25(32)13-28(27)33/h4-13,16,18-21,40H,14-15,17H2,1-3H3/t21-,30-/m1/s1. The number of fused-ring (bicyclic) bond motifs is 1. The third-order valence-corrected chi connectivity index (χ3v) is 7.35. The van der Waals surface area contributed by atoms with Crippen molar-refractivity contribution in [1.29, 1.82) is 0 Å². The Bertz CT molecular complexity index is 1590. The summed E-state index contributed by atoms with van der Waals surface area (Å²) in [5.41, 5.74) is 1.05. The Hall–Kier alpha value is -3.82. The summed E-state index contributed by atoms with van der Waals surface area (Å²) in [6.07, 6.45) is 4.62. The monoisotopic (exact) mass is 564 g/mol. The largest absolute Gasteiger partial charge is 0.381 e. The van der Waals surface area contributed by atoms with Crippen LogP contribution in [0.15, 0.2) is 79.5 Å². The SMILES string of the molecule is CC(C)CN(Cc1ccc(Cl)cc1)c1ccc2nn([C@H](C)[C@](O)(Cn3cncn3)c3ccc(F)cc3F)cc2c1. The average molecular weight is 565 g/mol. The van der Waals surface area contributed by atoms with Crippen molar-refractivity contribution in [3.05, 3.63) is 107 Å². The Labute approximate surface area is 236 Å². The van der Waals surface area contributed by atoms with E-state index in [9.17, 15) is 9.50 Å². The molecule has 1 N–H and O–H groups in total. The molecule has 0 unspecified atom stereocenters. The van der Waals surface area contributed by atoms with Gasteiger partial charge in [-0.2, -0.15) is 10.2 Å². The van der Waals surface area contributed by atoms with Crippen LogP contribution in [0.3, 0.4) is 0 Å². The van der Waals surface area contributed by atoms with E-state index in [-0.39, 0.29) is 12.1 Å². The molecule has 0 saturated carbocycles. The molecular weight excluding hydrogens is 534 g/mol. The Balaban J connectivity index is 1.50. The predicted molar refractivity (Wildman–Crippen MR) is 152 cm³/mol. The summed E-state index contributed by atoms with van der Waals surface area (Å²) in [5, 5.41) is 22.4. The van der Waals surface area contributed by atoms with E-state index < -0.39 is 23.3 Å². The number of anilines is 1. The highest BCUT2D eigenvalue weighted by molar-refractivity contribution is 6.30. The summed E-state index contributed by atoms with van der Waals surface area (Å²) in [6.45, 7) is 7.56. The van der Waals surface area contributed by atoms with Gasteiger partial charge in [0, 0.05) is 47.0 Å². The van der Waals surface area contributed by atoms with Crippen molar-refractivity contribution in [2.45, 2.75) is 45.5 Å². The average Bonchev–Trinajstić information content (AvgIpc) is 3.58.